The van der Waals surface area contributed by atoms with Gasteiger partial charge in [0.25, 0.3) is 0 Å². The average molecular weight is 365 g/mol. The summed E-state index contributed by atoms with van der Waals surface area (Å²) in [6, 6.07) is 13.1. The van der Waals surface area contributed by atoms with E-state index in [0.29, 0.717) is 12.3 Å². The van der Waals surface area contributed by atoms with Gasteiger partial charge >= 0.3 is 0 Å². The van der Waals surface area contributed by atoms with Crippen molar-refractivity contribution in [1.82, 2.24) is 0 Å². The zero-order valence-electron chi connectivity index (χ0n) is 15.4. The number of nitrogens with zero attached hydrogens (tertiary/aromatic N) is 1. The van der Waals surface area contributed by atoms with Crippen molar-refractivity contribution in [2.45, 2.75) is 18.3 Å². The monoisotopic (exact) mass is 365 g/mol. The Morgan fingerprint density at radius 2 is 1.89 bits per heavy atom. The van der Waals surface area contributed by atoms with Gasteiger partial charge in [-0.2, -0.15) is 0 Å². The lowest BCUT2D eigenvalue weighted by atomic mass is 9.97. The van der Waals surface area contributed by atoms with E-state index >= 15 is 0 Å². The van der Waals surface area contributed by atoms with Crippen LogP contribution in [0.5, 0.6) is 11.5 Å². The zero-order chi connectivity index (χ0) is 19.4. The van der Waals surface area contributed by atoms with Crippen molar-refractivity contribution in [2.24, 2.45) is 0 Å². The lowest BCUT2D eigenvalue weighted by molar-refractivity contribution is -0.118. The smallest absolute Gasteiger partial charge is 0.234 e. The largest absolute Gasteiger partial charge is 0.497 e. The second kappa shape index (κ2) is 8.03. The number of methoxy groups -OCH3 is 2. The Kier molecular flexibility index (Phi) is 5.54. The van der Waals surface area contributed by atoms with Crippen LogP contribution in [0.15, 0.2) is 42.5 Å². The molecule has 2 aromatic carbocycles. The fraction of sp³-hybridized carbons (Fsp3) is 0.286. The Balaban J connectivity index is 1.88. The number of nitrogens with one attached hydrogen (secondary N) is 2. The summed E-state index contributed by atoms with van der Waals surface area (Å²) in [5.74, 6) is 0.736. The maximum absolute atomic E-state index is 13.0. The molecule has 0 aromatic heterocycles. The van der Waals surface area contributed by atoms with Crippen LogP contribution in [-0.2, 0) is 4.79 Å². The van der Waals surface area contributed by atoms with Gasteiger partial charge in [-0.25, -0.2) is 0 Å². The van der Waals surface area contributed by atoms with Crippen molar-refractivity contribution in [1.29, 1.82) is 10.8 Å². The maximum atomic E-state index is 13.0. The molecular formula is C21H23N3O3. The van der Waals surface area contributed by atoms with Crippen molar-refractivity contribution in [3.05, 3.63) is 53.6 Å². The topological polar surface area (TPSA) is 86.5 Å². The molecule has 1 heterocycles. The third kappa shape index (κ3) is 3.56. The molecule has 1 amide bonds. The number of benzene rings is 2. The van der Waals surface area contributed by atoms with Crippen molar-refractivity contribution in [3.63, 3.8) is 0 Å². The summed E-state index contributed by atoms with van der Waals surface area (Å²) >= 11 is 0. The first-order valence-electron chi connectivity index (χ1n) is 8.77. The van der Waals surface area contributed by atoms with Crippen LogP contribution in [-0.4, -0.2) is 39.1 Å². The molecule has 0 aliphatic carbocycles. The molecular weight excluding hydrogens is 342 g/mol. The minimum Gasteiger partial charge on any atom is -0.497 e. The first-order valence-corrected chi connectivity index (χ1v) is 8.77. The Labute approximate surface area is 158 Å². The van der Waals surface area contributed by atoms with Crippen LogP contribution in [0.2, 0.25) is 0 Å². The highest BCUT2D eigenvalue weighted by molar-refractivity contribution is 6.00. The van der Waals surface area contributed by atoms with E-state index in [-0.39, 0.29) is 11.8 Å². The van der Waals surface area contributed by atoms with Crippen molar-refractivity contribution >= 4 is 24.0 Å². The summed E-state index contributed by atoms with van der Waals surface area (Å²) in [6.45, 7) is 0.627. The summed E-state index contributed by atoms with van der Waals surface area (Å²) in [5.41, 5.74) is 2.46. The third-order valence-electron chi connectivity index (χ3n) is 4.95. The summed E-state index contributed by atoms with van der Waals surface area (Å²) in [4.78, 5) is 14.8. The number of rotatable bonds is 7. The van der Waals surface area contributed by atoms with Crippen LogP contribution in [0.25, 0.3) is 0 Å². The van der Waals surface area contributed by atoms with Gasteiger partial charge in [0.05, 0.1) is 26.1 Å². The number of ether oxygens (including phenoxy) is 2. The molecule has 1 saturated heterocycles. The standard InChI is InChI=1S/C21H23N3O3/c1-26-17-5-3-4-14(10-17)19-8-9-24(21(19)25)16-6-7-18(15(12-22)13-23)20(11-16)27-2/h3-7,10-13,15,19,22-23H,8-9H2,1-2H3. The van der Waals surface area contributed by atoms with Gasteiger partial charge in [-0.15, -0.1) is 0 Å². The summed E-state index contributed by atoms with van der Waals surface area (Å²) < 4.78 is 10.7. The molecule has 1 atom stereocenters. The van der Waals surface area contributed by atoms with E-state index in [0.717, 1.165) is 29.0 Å². The molecule has 6 nitrogen and oxygen atoms in total. The highest BCUT2D eigenvalue weighted by Crippen LogP contribution is 2.36. The Morgan fingerprint density at radius 1 is 1.11 bits per heavy atom. The fourth-order valence-corrected chi connectivity index (χ4v) is 3.47. The first-order chi connectivity index (χ1) is 13.1. The van der Waals surface area contributed by atoms with Gasteiger partial charge in [0.1, 0.15) is 11.5 Å². The molecule has 2 N–H and O–H groups in total. The fourth-order valence-electron chi connectivity index (χ4n) is 3.47. The van der Waals surface area contributed by atoms with Crippen molar-refractivity contribution < 1.29 is 14.3 Å². The Morgan fingerprint density at radius 3 is 2.56 bits per heavy atom. The molecule has 27 heavy (non-hydrogen) atoms. The van der Waals surface area contributed by atoms with Gasteiger partial charge < -0.3 is 25.2 Å². The van der Waals surface area contributed by atoms with E-state index < -0.39 is 5.92 Å². The second-order valence-corrected chi connectivity index (χ2v) is 6.39. The predicted molar refractivity (Wildman–Crippen MR) is 106 cm³/mol. The van der Waals surface area contributed by atoms with E-state index in [2.05, 4.69) is 0 Å². The van der Waals surface area contributed by atoms with Gasteiger partial charge in [-0.1, -0.05) is 18.2 Å². The molecule has 0 radical (unpaired) electrons. The molecule has 1 fully saturated rings. The summed E-state index contributed by atoms with van der Waals surface area (Å²) in [5, 5.41) is 14.9. The molecule has 1 aliphatic rings. The van der Waals surface area contributed by atoms with Gasteiger partial charge in [-0.3, -0.25) is 4.79 Å². The molecule has 140 valence electrons. The normalized spacial score (nSPS) is 17.5. The lowest BCUT2D eigenvalue weighted by Crippen LogP contribution is -2.26. The summed E-state index contributed by atoms with van der Waals surface area (Å²) in [6.07, 6.45) is 3.13. The lowest BCUT2D eigenvalue weighted by Gasteiger charge is -2.20. The molecule has 1 unspecified atom stereocenters. The molecule has 2 aromatic rings. The predicted octanol–water partition coefficient (Wildman–Crippen LogP) is 3.61. The van der Waals surface area contributed by atoms with Gasteiger partial charge in [-0.05, 0) is 30.2 Å². The van der Waals surface area contributed by atoms with E-state index in [1.807, 2.05) is 36.4 Å². The zero-order valence-corrected chi connectivity index (χ0v) is 15.4. The number of hydrogen-bond donors (Lipinski definition) is 2. The molecule has 1 aliphatic heterocycles. The van der Waals surface area contributed by atoms with Crippen LogP contribution in [0.4, 0.5) is 5.69 Å². The van der Waals surface area contributed by atoms with Crippen molar-refractivity contribution in [3.8, 4) is 11.5 Å². The second-order valence-electron chi connectivity index (χ2n) is 6.39. The van der Waals surface area contributed by atoms with Gasteiger partial charge in [0.15, 0.2) is 0 Å². The Hall–Kier alpha value is -3.15. The van der Waals surface area contributed by atoms with Crippen LogP contribution < -0.4 is 14.4 Å². The van der Waals surface area contributed by atoms with E-state index in [1.54, 1.807) is 25.2 Å². The Bertz CT molecular complexity index is 858. The molecule has 0 spiro atoms. The molecule has 6 heteroatoms. The first kappa shape index (κ1) is 18.6. The highest BCUT2D eigenvalue weighted by atomic mass is 16.5. The number of carbonyl (C=O) groups is 1. The van der Waals surface area contributed by atoms with Crippen molar-refractivity contribution in [2.75, 3.05) is 25.7 Å². The molecule has 0 saturated carbocycles. The minimum absolute atomic E-state index is 0.0497. The number of anilines is 1. The quantitative estimate of drug-likeness (QED) is 0.735. The molecule has 3 rings (SSSR count). The third-order valence-corrected chi connectivity index (χ3v) is 4.95. The van der Waals surface area contributed by atoms with E-state index in [4.69, 9.17) is 20.3 Å². The van der Waals surface area contributed by atoms with E-state index in [1.165, 1.54) is 12.4 Å². The molecule has 0 bridgehead atoms. The number of amides is 1. The maximum Gasteiger partial charge on any atom is 0.234 e. The van der Waals surface area contributed by atoms with Gasteiger partial charge in [0.2, 0.25) is 5.91 Å². The van der Waals surface area contributed by atoms with Crippen LogP contribution in [0.3, 0.4) is 0 Å². The highest BCUT2D eigenvalue weighted by Gasteiger charge is 2.34. The average Bonchev–Trinajstić information content (AvgIpc) is 3.10. The number of hydrogen-bond acceptors (Lipinski definition) is 5. The van der Waals surface area contributed by atoms with Crippen LogP contribution in [0.1, 0.15) is 29.4 Å². The number of carbonyl (C=O) groups excluding carboxylic acids is 1. The van der Waals surface area contributed by atoms with Gasteiger partial charge in [0, 0.05) is 36.3 Å². The van der Waals surface area contributed by atoms with E-state index in [9.17, 15) is 4.79 Å². The van der Waals surface area contributed by atoms with Crippen LogP contribution >= 0.6 is 0 Å². The van der Waals surface area contributed by atoms with Crippen LogP contribution in [0, 0.1) is 10.8 Å². The summed E-state index contributed by atoms with van der Waals surface area (Å²) in [7, 11) is 3.17. The minimum atomic E-state index is -0.437. The SMILES string of the molecule is COc1cccc(C2CCN(c3ccc(C(C=N)C=N)c(OC)c3)C2=O)c1.